The minimum Gasteiger partial charge on any atom is -0.496 e. The summed E-state index contributed by atoms with van der Waals surface area (Å²) in [5, 5.41) is 0. The Morgan fingerprint density at radius 2 is 1.71 bits per heavy atom. The van der Waals surface area contributed by atoms with E-state index in [0.717, 1.165) is 15.8 Å². The van der Waals surface area contributed by atoms with E-state index in [2.05, 4.69) is 15.9 Å². The molecule has 1 saturated heterocycles. The molecule has 0 spiro atoms. The standard InChI is InChI=1S/C17H27BrN2O3S/c1-16(2,3)19-11-14(20(17(4,5)6)24(19,21)22)12-8-9-15(23-7)13(18)10-12/h8-10,14H,11H2,1-7H3. The first-order valence-corrected chi connectivity index (χ1v) is 10.1. The Labute approximate surface area is 154 Å². The summed E-state index contributed by atoms with van der Waals surface area (Å²) in [7, 11) is -1.94. The fourth-order valence-corrected chi connectivity index (χ4v) is 6.15. The maximum absolute atomic E-state index is 13.2. The third-order valence-electron chi connectivity index (χ3n) is 4.12. The van der Waals surface area contributed by atoms with E-state index in [1.165, 1.54) is 0 Å². The Morgan fingerprint density at radius 3 is 2.12 bits per heavy atom. The molecule has 5 nitrogen and oxygen atoms in total. The molecule has 0 N–H and O–H groups in total. The fourth-order valence-electron chi connectivity index (χ4n) is 3.16. The van der Waals surface area contributed by atoms with Crippen LogP contribution < -0.4 is 4.74 Å². The number of methoxy groups -OCH3 is 1. The van der Waals surface area contributed by atoms with Crippen LogP contribution in [0.5, 0.6) is 5.75 Å². The van der Waals surface area contributed by atoms with E-state index in [-0.39, 0.29) is 6.04 Å². The zero-order valence-electron chi connectivity index (χ0n) is 15.4. The highest BCUT2D eigenvalue weighted by Crippen LogP contribution is 2.43. The lowest BCUT2D eigenvalue weighted by molar-refractivity contribution is 0.205. The predicted molar refractivity (Wildman–Crippen MR) is 100 cm³/mol. The molecule has 0 aliphatic carbocycles. The molecule has 1 heterocycles. The van der Waals surface area contributed by atoms with Crippen molar-refractivity contribution in [2.24, 2.45) is 0 Å². The molecule has 136 valence electrons. The van der Waals surface area contributed by atoms with Crippen molar-refractivity contribution in [2.75, 3.05) is 13.7 Å². The summed E-state index contributed by atoms with van der Waals surface area (Å²) < 4.78 is 35.7. The zero-order chi connectivity index (χ0) is 18.5. The molecule has 1 atom stereocenters. The summed E-state index contributed by atoms with van der Waals surface area (Å²) in [5.41, 5.74) is -0.0376. The number of halogens is 1. The van der Waals surface area contributed by atoms with Crippen LogP contribution in [0.2, 0.25) is 0 Å². The first-order chi connectivity index (χ1) is 10.8. The zero-order valence-corrected chi connectivity index (χ0v) is 17.8. The van der Waals surface area contributed by atoms with Crippen molar-refractivity contribution in [3.05, 3.63) is 28.2 Å². The van der Waals surface area contributed by atoms with Gasteiger partial charge in [0, 0.05) is 17.6 Å². The highest BCUT2D eigenvalue weighted by molar-refractivity contribution is 9.10. The number of benzene rings is 1. The summed E-state index contributed by atoms with van der Waals surface area (Å²) in [6.45, 7) is 12.0. The Bertz CT molecular complexity index is 720. The van der Waals surface area contributed by atoms with Crippen molar-refractivity contribution in [3.63, 3.8) is 0 Å². The van der Waals surface area contributed by atoms with Gasteiger partial charge < -0.3 is 4.74 Å². The molecule has 1 unspecified atom stereocenters. The topological polar surface area (TPSA) is 49.9 Å². The van der Waals surface area contributed by atoms with E-state index in [1.807, 2.05) is 59.7 Å². The van der Waals surface area contributed by atoms with E-state index >= 15 is 0 Å². The third-order valence-corrected chi connectivity index (χ3v) is 7.29. The van der Waals surface area contributed by atoms with Gasteiger partial charge in [-0.2, -0.15) is 17.0 Å². The van der Waals surface area contributed by atoms with Gasteiger partial charge in [-0.15, -0.1) is 0 Å². The molecular formula is C17H27BrN2O3S. The first kappa shape index (κ1) is 19.7. The largest absolute Gasteiger partial charge is 0.496 e. The van der Waals surface area contributed by atoms with Crippen LogP contribution in [0, 0.1) is 0 Å². The molecule has 0 radical (unpaired) electrons. The van der Waals surface area contributed by atoms with Gasteiger partial charge in [0.2, 0.25) is 0 Å². The van der Waals surface area contributed by atoms with Crippen LogP contribution in [0.1, 0.15) is 53.1 Å². The lowest BCUT2D eigenvalue weighted by Gasteiger charge is -2.36. The first-order valence-electron chi connectivity index (χ1n) is 7.96. The van der Waals surface area contributed by atoms with Crippen molar-refractivity contribution in [1.82, 2.24) is 8.61 Å². The van der Waals surface area contributed by atoms with E-state index in [1.54, 1.807) is 15.7 Å². The second kappa shape index (κ2) is 6.27. The molecule has 7 heteroatoms. The number of nitrogens with zero attached hydrogens (tertiary/aromatic N) is 2. The quantitative estimate of drug-likeness (QED) is 0.729. The van der Waals surface area contributed by atoms with E-state index in [4.69, 9.17) is 4.74 Å². The number of ether oxygens (including phenoxy) is 1. The summed E-state index contributed by atoms with van der Waals surface area (Å²) in [4.78, 5) is 0. The van der Waals surface area contributed by atoms with Crippen molar-refractivity contribution in [1.29, 1.82) is 0 Å². The van der Waals surface area contributed by atoms with Gasteiger partial charge in [-0.3, -0.25) is 0 Å². The van der Waals surface area contributed by atoms with E-state index < -0.39 is 21.3 Å². The van der Waals surface area contributed by atoms with Crippen LogP contribution in [-0.2, 0) is 10.2 Å². The minimum atomic E-state index is -3.55. The second-order valence-corrected chi connectivity index (χ2v) is 10.7. The Kier molecular flexibility index (Phi) is 5.14. The van der Waals surface area contributed by atoms with Gasteiger partial charge in [-0.05, 0) is 75.2 Å². The Hall–Kier alpha value is -0.630. The van der Waals surface area contributed by atoms with Crippen LogP contribution in [0.4, 0.5) is 0 Å². The van der Waals surface area contributed by atoms with Crippen LogP contribution in [0.15, 0.2) is 22.7 Å². The average Bonchev–Trinajstić information content (AvgIpc) is 2.69. The van der Waals surface area contributed by atoms with Crippen molar-refractivity contribution < 1.29 is 13.2 Å². The monoisotopic (exact) mass is 418 g/mol. The van der Waals surface area contributed by atoms with Crippen LogP contribution in [0.25, 0.3) is 0 Å². The molecule has 24 heavy (non-hydrogen) atoms. The summed E-state index contributed by atoms with van der Waals surface area (Å²) in [6, 6.07) is 5.52. The highest BCUT2D eigenvalue weighted by Gasteiger charge is 2.52. The van der Waals surface area contributed by atoms with Gasteiger partial charge in [0.05, 0.1) is 17.6 Å². The molecule has 2 rings (SSSR count). The van der Waals surface area contributed by atoms with Crippen molar-refractivity contribution in [2.45, 2.75) is 58.7 Å². The minimum absolute atomic E-state index is 0.239. The Balaban J connectivity index is 2.57. The van der Waals surface area contributed by atoms with E-state index in [0.29, 0.717) is 6.54 Å². The smallest absolute Gasteiger partial charge is 0.283 e. The average molecular weight is 419 g/mol. The highest BCUT2D eigenvalue weighted by atomic mass is 79.9. The van der Waals surface area contributed by atoms with Gasteiger partial charge in [0.1, 0.15) is 5.75 Å². The van der Waals surface area contributed by atoms with Crippen LogP contribution in [-0.4, -0.2) is 41.8 Å². The van der Waals surface area contributed by atoms with Gasteiger partial charge >= 0.3 is 0 Å². The maximum Gasteiger partial charge on any atom is 0.283 e. The van der Waals surface area contributed by atoms with Crippen LogP contribution >= 0.6 is 15.9 Å². The number of rotatable bonds is 2. The van der Waals surface area contributed by atoms with Crippen molar-refractivity contribution >= 4 is 26.1 Å². The molecule has 1 aromatic carbocycles. The fraction of sp³-hybridized carbons (Fsp3) is 0.647. The molecule has 1 aliphatic heterocycles. The molecule has 0 amide bonds. The van der Waals surface area contributed by atoms with E-state index in [9.17, 15) is 8.42 Å². The summed E-state index contributed by atoms with van der Waals surface area (Å²) >= 11 is 3.50. The van der Waals surface area contributed by atoms with Gasteiger partial charge in [0.15, 0.2) is 0 Å². The van der Waals surface area contributed by atoms with Gasteiger partial charge in [-0.1, -0.05) is 6.07 Å². The molecular weight excluding hydrogens is 392 g/mol. The summed E-state index contributed by atoms with van der Waals surface area (Å²) in [5.74, 6) is 0.731. The second-order valence-electron chi connectivity index (χ2n) is 8.09. The SMILES string of the molecule is COc1ccc(C2CN(C(C)(C)C)S(=O)(=O)N2C(C)(C)C)cc1Br. The number of hydrogen-bond acceptors (Lipinski definition) is 3. The van der Waals surface area contributed by atoms with Gasteiger partial charge in [0.25, 0.3) is 10.2 Å². The summed E-state index contributed by atoms with van der Waals surface area (Å²) in [6.07, 6.45) is 0. The Morgan fingerprint density at radius 1 is 1.12 bits per heavy atom. The molecule has 1 aromatic rings. The molecule has 1 fully saturated rings. The molecule has 1 aliphatic rings. The molecule has 0 aromatic heterocycles. The normalized spacial score (nSPS) is 22.8. The molecule has 0 saturated carbocycles. The lowest BCUT2D eigenvalue weighted by atomic mass is 10.00. The number of hydrogen-bond donors (Lipinski definition) is 0. The maximum atomic E-state index is 13.2. The van der Waals surface area contributed by atoms with Crippen molar-refractivity contribution in [3.8, 4) is 5.75 Å². The molecule has 0 bridgehead atoms. The third kappa shape index (κ3) is 3.49. The lowest BCUT2D eigenvalue weighted by Crippen LogP contribution is -2.49. The van der Waals surface area contributed by atoms with Gasteiger partial charge in [-0.25, -0.2) is 0 Å². The predicted octanol–water partition coefficient (Wildman–Crippen LogP) is 3.96. The van der Waals surface area contributed by atoms with Crippen LogP contribution in [0.3, 0.4) is 0 Å².